The fraction of sp³-hybridized carbons (Fsp3) is 0.708. The smallest absolute Gasteiger partial charge is 0.323 e. The van der Waals surface area contributed by atoms with Crippen molar-refractivity contribution in [1.82, 2.24) is 19.6 Å². The molecule has 672 valence electrons. The number of hydrogen-bond donors (Lipinski definition) is 4. The van der Waals surface area contributed by atoms with Crippen molar-refractivity contribution in [3.05, 3.63) is 93.0 Å². The van der Waals surface area contributed by atoms with Gasteiger partial charge in [0.1, 0.15) is 48.4 Å². The molecule has 4 saturated heterocycles. The molecule has 0 amide bonds. The molecule has 12 rings (SSSR count). The van der Waals surface area contributed by atoms with E-state index in [-0.39, 0.29) is 105 Å². The van der Waals surface area contributed by atoms with Crippen molar-refractivity contribution in [1.29, 1.82) is 0 Å². The van der Waals surface area contributed by atoms with Crippen LogP contribution in [-0.2, 0) is 63.8 Å². The number of fused-ring (bicyclic) bond motifs is 12. The molecule has 8 aliphatic heterocycles. The molecule has 0 aliphatic carbocycles. The summed E-state index contributed by atoms with van der Waals surface area (Å²) in [5, 5.41) is 0. The molecular formula is C96H152N8O16. The molecule has 24 heteroatoms. The van der Waals surface area contributed by atoms with Crippen LogP contribution in [-0.4, -0.2) is 201 Å². The highest BCUT2D eigenvalue weighted by Crippen LogP contribution is 2.50. The van der Waals surface area contributed by atoms with E-state index in [4.69, 9.17) is 165 Å². The van der Waals surface area contributed by atoms with Gasteiger partial charge in [-0.1, -0.05) is 110 Å². The normalized spacial score (nSPS) is 48.3. The van der Waals surface area contributed by atoms with Crippen LogP contribution in [0.25, 0.3) is 0 Å². The van der Waals surface area contributed by atoms with Crippen molar-refractivity contribution in [2.24, 2.45) is 93.7 Å². The van der Waals surface area contributed by atoms with Gasteiger partial charge >= 0.3 is 23.9 Å². The molecule has 24 nitrogen and oxygen atoms in total. The van der Waals surface area contributed by atoms with E-state index in [1.165, 1.54) is 52.7 Å². The highest BCUT2D eigenvalue weighted by atomic mass is 16.6. The minimum absolute atomic E-state index is 0.0107. The summed E-state index contributed by atoms with van der Waals surface area (Å²) in [5.74, 6) is -60.6. The number of nitrogens with two attached hydrogens (primary N) is 4. The van der Waals surface area contributed by atoms with Crippen molar-refractivity contribution in [2.45, 2.75) is 259 Å². The Hall–Kier alpha value is -7.16. The molecule has 8 heterocycles. The lowest BCUT2D eigenvalue weighted by molar-refractivity contribution is -0.161. The first-order valence-corrected chi connectivity index (χ1v) is 35.7. The third-order valence-electron chi connectivity index (χ3n) is 18.4. The van der Waals surface area contributed by atoms with E-state index in [1.807, 2.05) is 0 Å². The second-order valence-corrected chi connectivity index (χ2v) is 26.5. The van der Waals surface area contributed by atoms with Crippen LogP contribution < -0.4 is 60.8 Å². The minimum atomic E-state index is -4.55. The first-order valence-electron chi connectivity index (χ1n) is 78.2. The third-order valence-corrected chi connectivity index (χ3v) is 18.4. The highest BCUT2D eigenvalue weighted by molar-refractivity contribution is 5.77. The molecule has 0 aromatic heterocycles. The molecule has 4 aromatic rings. The Labute approximate surface area is 838 Å². The Morgan fingerprint density at radius 1 is 0.367 bits per heavy atom. The van der Waals surface area contributed by atoms with Gasteiger partial charge in [0, 0.05) is 224 Å². The standard InChI is InChI=1S/4C24H38N2O4/c4*1-14(2)9-17-13-26-8-7-16-10-21(28-5)22(29-6)11-18(16)19(26)12-20(17)30-24(27)23(25)15(3)4/h4*10-11,14-15,17,19-20,23H,7-9,12-13,25H2,1-6H3/t4*17?,19?,20?,23-/m0000/s1/i1D3,3D3,4D3,5D3,9D2,12D2,13D2,14D,15D,17D,20D,23D;2*1D3,3D3,4D3,9D2,12D2,13D2,14D,15D,17D,20D,23D;1D3,3D3,4D3,5D3,9D2,12D2,13D2,14D,15D,17D,23D/t4*14?,17?,19?,20?,23-. The molecule has 0 radical (unpaired) electrons. The maximum absolute atomic E-state index is 13.9. The number of nitrogens with zero attached hydrogens (tertiary/aromatic N) is 4. The largest absolute Gasteiger partial charge is 0.493 e. The second-order valence-electron chi connectivity index (χ2n) is 26.5. The van der Waals surface area contributed by atoms with Crippen molar-refractivity contribution < 1.29 is 193 Å². The molecule has 20 atom stereocenters. The quantitative estimate of drug-likeness (QED) is 0.0303. The van der Waals surface area contributed by atoms with Crippen molar-refractivity contribution in [2.75, 3.05) is 109 Å². The molecule has 120 heavy (non-hydrogen) atoms. The molecule has 4 fully saturated rings. The van der Waals surface area contributed by atoms with Crippen LogP contribution in [0.5, 0.6) is 46.0 Å². The Balaban J connectivity index is 0.000000295. The molecule has 8 N–H and O–H groups in total. The summed E-state index contributed by atoms with van der Waals surface area (Å²) in [5.41, 5.74) is 22.3. The zero-order valence-corrected chi connectivity index (χ0v) is 66.3. The van der Waals surface area contributed by atoms with Crippen LogP contribution in [0.2, 0.25) is 0 Å². The Morgan fingerprint density at radius 3 is 0.850 bits per heavy atom. The molecular weight excluding hydrogens is 1520 g/mol. The summed E-state index contributed by atoms with van der Waals surface area (Å²) in [7, 11) is 1.09. The number of benzene rings is 4. The van der Waals surface area contributed by atoms with E-state index in [1.54, 1.807) is 0 Å². The Bertz CT molecular complexity index is 7690. The predicted molar refractivity (Wildman–Crippen MR) is 471 cm³/mol. The number of ether oxygens (including phenoxy) is 12. The zero-order chi connectivity index (χ0) is 162. The maximum atomic E-state index is 13.9. The van der Waals surface area contributed by atoms with E-state index in [9.17, 15) is 50.7 Å². The van der Waals surface area contributed by atoms with Crippen LogP contribution in [0.3, 0.4) is 0 Å². The average Bonchev–Trinajstić information content (AvgIpc) is 0.653. The number of carbonyl (C=O) groups excluding carboxylic acids is 4. The van der Waals surface area contributed by atoms with Crippen molar-refractivity contribution in [3.8, 4) is 46.0 Å². The first kappa shape index (κ1) is 33.3. The first-order chi connectivity index (χ1) is 89.8. The van der Waals surface area contributed by atoms with Gasteiger partial charge in [-0.3, -0.25) is 38.8 Å². The lowest BCUT2D eigenvalue weighted by Crippen LogP contribution is -2.51. The highest BCUT2D eigenvalue weighted by Gasteiger charge is 2.47. The molecule has 0 spiro atoms. The lowest BCUT2D eigenvalue weighted by Gasteiger charge is -2.47. The van der Waals surface area contributed by atoms with E-state index in [0.29, 0.717) is 47.3 Å². The van der Waals surface area contributed by atoms with Gasteiger partial charge in [-0.05, 0) is 191 Å². The van der Waals surface area contributed by atoms with Gasteiger partial charge in [0.2, 0.25) is 0 Å². The van der Waals surface area contributed by atoms with Gasteiger partial charge in [-0.15, -0.1) is 0 Å². The van der Waals surface area contributed by atoms with Crippen LogP contribution >= 0.6 is 0 Å². The van der Waals surface area contributed by atoms with Crippen LogP contribution in [0.15, 0.2) is 48.5 Å². The summed E-state index contributed by atoms with van der Waals surface area (Å²) in [6.45, 7) is -63.4. The molecule has 8 aliphatic rings. The molecule has 0 bridgehead atoms. The number of hydrogen-bond acceptors (Lipinski definition) is 24. The Morgan fingerprint density at radius 2 is 0.600 bits per heavy atom. The van der Waals surface area contributed by atoms with E-state index in [0.717, 1.165) is 38.5 Å². The van der Waals surface area contributed by atoms with Crippen molar-refractivity contribution >= 4 is 23.9 Å². The lowest BCUT2D eigenvalue weighted by atomic mass is 9.79. The Kier molecular flexibility index (Phi) is 12.2. The summed E-state index contributed by atoms with van der Waals surface area (Å²) >= 11 is 0. The number of rotatable bonds is 28. The molecule has 0 saturated carbocycles. The number of carbonyl (C=O) groups is 4. The van der Waals surface area contributed by atoms with Gasteiger partial charge in [0.25, 0.3) is 0 Å². The van der Waals surface area contributed by atoms with Gasteiger partial charge < -0.3 is 79.8 Å². The van der Waals surface area contributed by atoms with Gasteiger partial charge in [0.15, 0.2) is 46.0 Å². The zero-order valence-electron chi connectivity index (χ0n) is 151. The van der Waals surface area contributed by atoms with Crippen LogP contribution in [0.4, 0.5) is 0 Å². The van der Waals surface area contributed by atoms with Crippen LogP contribution in [0, 0.1) is 70.7 Å². The topological polar surface area (TPSA) is 296 Å². The minimum Gasteiger partial charge on any atom is -0.493 e. The predicted octanol–water partition coefficient (Wildman–Crippen LogP) is 14.3. The summed E-state index contributed by atoms with van der Waals surface area (Å²) in [6, 6.07) is -16.4. The number of methoxy groups -OCH3 is 8. The number of esters is 4. The van der Waals surface area contributed by atoms with Gasteiger partial charge in [-0.25, -0.2) is 0 Å². The van der Waals surface area contributed by atoms with Crippen LogP contribution in [0.1, 0.15) is 346 Å². The fourth-order valence-electron chi connectivity index (χ4n) is 12.8. The van der Waals surface area contributed by atoms with E-state index in [2.05, 4.69) is 0 Å². The SMILES string of the molecule is [2H]C([2H])([2H])C([2H])(C)C([2H])([2H])C1([2H])C([2H])([2H])N2CCc3cc(OC)c(OC)cc3C2C([2H])([2H])C1([2H])OC(=O)[C@@]([2H])(N)C([2H])(C([2H])([2H])[2H])C([2H])([2H])[2H].[2H]C([2H])([2H])C([2H])(C)C([2H])([2H])C1([2H])C([2H])([2H])N2CCc3cc(OC)c(OC)cc3C2C([2H])([2H])C1([2H])OC(=O)[C@@]([2H])(N)C([2H])(C([2H])([2H])[2H])C([2H])([2H])[2H].[2H]C([2H])([2H])Oc1cc2c(cc1OC)C1N(CC2)C([2H])([2H])C([2H])(C([2H])([2H])C([2H])(C)C([2H])([2H])[2H])C(OC(=O)[C@@]([2H])(N)C([2H])(C([2H])([2H])[2H])C([2H])([2H])[2H])C1([2H])[2H].[2H]C([2H])([2H])Oc1cc2c(cc1OC)C1N(CC2)C([2H])([2H])C([2H])(C([2H])([2H])C([2H])(C)C([2H])([2H])[2H])C([2H])(OC(=O)[C@@]([2H])(N)C([2H])(C([2H])([2H])[2H])C([2H])([2H])[2H])C1([2H])[2H]. The average molecular weight is 1760 g/mol. The number of piperidine rings is 4. The summed E-state index contributed by atoms with van der Waals surface area (Å²) in [6.07, 6.45) is -49.4. The van der Waals surface area contributed by atoms with E-state index >= 15 is 0 Å². The van der Waals surface area contributed by atoms with Crippen molar-refractivity contribution in [3.63, 3.8) is 0 Å². The molecule has 16 unspecified atom stereocenters. The second kappa shape index (κ2) is 43.9. The monoisotopic (exact) mass is 1760 g/mol. The molecule has 4 aromatic carbocycles. The third kappa shape index (κ3) is 23.8. The maximum Gasteiger partial charge on any atom is 0.323 e. The van der Waals surface area contributed by atoms with Gasteiger partial charge in [0.05, 0.1) is 74.6 Å². The summed E-state index contributed by atoms with van der Waals surface area (Å²) < 4.78 is 772. The van der Waals surface area contributed by atoms with E-state index < -0.39 is 378 Å². The van der Waals surface area contributed by atoms with Gasteiger partial charge in [-0.2, -0.15) is 0 Å². The fourth-order valence-corrected chi connectivity index (χ4v) is 12.8. The summed E-state index contributed by atoms with van der Waals surface area (Å²) in [4.78, 5) is 57.7.